The molecule has 3 heteroatoms. The summed E-state index contributed by atoms with van der Waals surface area (Å²) in [5.41, 5.74) is 5.65. The van der Waals surface area contributed by atoms with E-state index in [1.807, 2.05) is 0 Å². The van der Waals surface area contributed by atoms with Gasteiger partial charge >= 0.3 is 0 Å². The Kier molecular flexibility index (Phi) is 3.95. The Morgan fingerprint density at radius 1 is 1.67 bits per heavy atom. The molecule has 0 saturated carbocycles. The molecule has 1 aliphatic rings. The third-order valence-corrected chi connectivity index (χ3v) is 2.76. The lowest BCUT2D eigenvalue weighted by molar-refractivity contribution is 0.298. The third kappa shape index (κ3) is 2.42. The largest absolute Gasteiger partial charge is 0.392 e. The van der Waals surface area contributed by atoms with E-state index in [1.165, 1.54) is 38.8 Å². The van der Waals surface area contributed by atoms with Gasteiger partial charge in [0.1, 0.15) is 0 Å². The molecule has 1 heterocycles. The molecule has 0 aromatic carbocycles. The van der Waals surface area contributed by atoms with Gasteiger partial charge in [0, 0.05) is 0 Å². The number of unbranched alkanes of at least 4 members (excludes halogenated alkanes) is 1. The Balaban J connectivity index is 2.35. The molecule has 1 atom stereocenters. The predicted molar refractivity (Wildman–Crippen MR) is 56.3 cm³/mol. The van der Waals surface area contributed by atoms with Gasteiger partial charge in [-0.1, -0.05) is 25.6 Å². The van der Waals surface area contributed by atoms with Crippen LogP contribution in [0.15, 0.2) is 0 Å². The highest BCUT2D eigenvalue weighted by Gasteiger charge is 2.25. The lowest BCUT2D eigenvalue weighted by Gasteiger charge is -2.22. The molecule has 0 aliphatic carbocycles. The van der Waals surface area contributed by atoms with Crippen LogP contribution in [0.4, 0.5) is 0 Å². The van der Waals surface area contributed by atoms with Crippen LogP contribution in [0.1, 0.15) is 32.6 Å². The van der Waals surface area contributed by atoms with Gasteiger partial charge in [-0.25, -0.2) is 0 Å². The fraction of sp³-hybridized carbons (Fsp3) is 0.889. The second-order valence-electron chi connectivity index (χ2n) is 3.45. The molecule has 0 spiro atoms. The predicted octanol–water partition coefficient (Wildman–Crippen LogP) is 1.54. The first-order valence-electron chi connectivity index (χ1n) is 4.79. The van der Waals surface area contributed by atoms with Crippen LogP contribution in [0.5, 0.6) is 0 Å². The average molecular weight is 186 g/mol. The van der Waals surface area contributed by atoms with E-state index < -0.39 is 0 Å². The maximum atomic E-state index is 5.65. The Bertz CT molecular complexity index is 159. The average Bonchev–Trinajstić information content (AvgIpc) is 2.48. The van der Waals surface area contributed by atoms with Crippen molar-refractivity contribution in [3.63, 3.8) is 0 Å². The van der Waals surface area contributed by atoms with E-state index in [2.05, 4.69) is 11.8 Å². The highest BCUT2D eigenvalue weighted by atomic mass is 32.1. The third-order valence-electron chi connectivity index (χ3n) is 2.49. The summed E-state index contributed by atoms with van der Waals surface area (Å²) < 4.78 is 0. The van der Waals surface area contributed by atoms with E-state index in [0.717, 1.165) is 0 Å². The van der Waals surface area contributed by atoms with Gasteiger partial charge in [-0.2, -0.15) is 0 Å². The molecule has 1 aliphatic heterocycles. The molecule has 12 heavy (non-hydrogen) atoms. The fourth-order valence-electron chi connectivity index (χ4n) is 1.78. The van der Waals surface area contributed by atoms with Crippen molar-refractivity contribution in [1.82, 2.24) is 4.90 Å². The molecular formula is C9H18N2S. The number of rotatable bonds is 4. The monoisotopic (exact) mass is 186 g/mol. The molecule has 1 saturated heterocycles. The molecule has 1 fully saturated rings. The molecule has 0 bridgehead atoms. The lowest BCUT2D eigenvalue weighted by atomic mass is 10.2. The van der Waals surface area contributed by atoms with Crippen molar-refractivity contribution in [2.75, 3.05) is 13.1 Å². The van der Waals surface area contributed by atoms with Gasteiger partial charge in [0.05, 0.1) is 11.0 Å². The van der Waals surface area contributed by atoms with Crippen LogP contribution >= 0.6 is 12.2 Å². The molecule has 0 aromatic rings. The van der Waals surface area contributed by atoms with E-state index in [0.29, 0.717) is 11.0 Å². The Labute approximate surface area is 80.1 Å². The number of thiocarbonyl (C=S) groups is 1. The van der Waals surface area contributed by atoms with Crippen LogP contribution in [-0.2, 0) is 0 Å². The first-order chi connectivity index (χ1) is 5.75. The molecule has 0 aromatic heterocycles. The van der Waals surface area contributed by atoms with Gasteiger partial charge in [0.25, 0.3) is 0 Å². The van der Waals surface area contributed by atoms with E-state index in [4.69, 9.17) is 18.0 Å². The standard InChI is InChI=1S/C9H18N2S/c1-2-3-6-11-7-4-5-8(11)9(10)12/h8H,2-7H2,1H3,(H2,10,12). The normalized spacial score (nSPS) is 24.6. The summed E-state index contributed by atoms with van der Waals surface area (Å²) in [5.74, 6) is 0. The van der Waals surface area contributed by atoms with E-state index in [-0.39, 0.29) is 0 Å². The van der Waals surface area contributed by atoms with Crippen molar-refractivity contribution in [3.8, 4) is 0 Å². The van der Waals surface area contributed by atoms with Crippen molar-refractivity contribution in [3.05, 3.63) is 0 Å². The minimum Gasteiger partial charge on any atom is -0.392 e. The fourth-order valence-corrected chi connectivity index (χ4v) is 2.04. The van der Waals surface area contributed by atoms with Crippen molar-refractivity contribution < 1.29 is 0 Å². The topological polar surface area (TPSA) is 29.3 Å². The van der Waals surface area contributed by atoms with Crippen LogP contribution in [0.3, 0.4) is 0 Å². The highest BCUT2D eigenvalue weighted by Crippen LogP contribution is 2.17. The first kappa shape index (κ1) is 9.93. The van der Waals surface area contributed by atoms with Crippen LogP contribution in [0.2, 0.25) is 0 Å². The van der Waals surface area contributed by atoms with Crippen LogP contribution in [0.25, 0.3) is 0 Å². The van der Waals surface area contributed by atoms with Gasteiger partial charge in [-0.05, 0) is 32.4 Å². The molecule has 0 amide bonds. The highest BCUT2D eigenvalue weighted by molar-refractivity contribution is 7.80. The first-order valence-corrected chi connectivity index (χ1v) is 5.20. The Hall–Kier alpha value is -0.150. The molecule has 0 radical (unpaired) electrons. The minimum atomic E-state index is 0.395. The number of hydrogen-bond acceptors (Lipinski definition) is 2. The van der Waals surface area contributed by atoms with Gasteiger partial charge in [-0.3, -0.25) is 4.90 Å². The summed E-state index contributed by atoms with van der Waals surface area (Å²) in [5, 5.41) is 0. The van der Waals surface area contributed by atoms with Gasteiger partial charge < -0.3 is 5.73 Å². The zero-order valence-corrected chi connectivity index (χ0v) is 8.57. The van der Waals surface area contributed by atoms with Crippen LogP contribution in [-0.4, -0.2) is 29.0 Å². The van der Waals surface area contributed by atoms with E-state index in [9.17, 15) is 0 Å². The Morgan fingerprint density at radius 2 is 2.42 bits per heavy atom. The smallest absolute Gasteiger partial charge is 0.0902 e. The maximum absolute atomic E-state index is 5.65. The summed E-state index contributed by atoms with van der Waals surface area (Å²) in [6, 6.07) is 0.395. The SMILES string of the molecule is CCCCN1CCCC1C(N)=S. The number of likely N-dealkylation sites (tertiary alicyclic amines) is 1. The van der Waals surface area contributed by atoms with Crippen molar-refractivity contribution in [2.24, 2.45) is 5.73 Å². The van der Waals surface area contributed by atoms with Crippen LogP contribution in [0, 0.1) is 0 Å². The number of nitrogens with two attached hydrogens (primary N) is 1. The molecule has 1 rings (SSSR count). The Morgan fingerprint density at radius 3 is 3.00 bits per heavy atom. The van der Waals surface area contributed by atoms with E-state index >= 15 is 0 Å². The lowest BCUT2D eigenvalue weighted by Crippen LogP contribution is -2.39. The summed E-state index contributed by atoms with van der Waals surface area (Å²) in [7, 11) is 0. The molecule has 2 N–H and O–H groups in total. The van der Waals surface area contributed by atoms with Crippen LogP contribution < -0.4 is 5.73 Å². The summed E-state index contributed by atoms with van der Waals surface area (Å²) in [6.45, 7) is 4.56. The van der Waals surface area contributed by atoms with Gasteiger partial charge in [0.2, 0.25) is 0 Å². The summed E-state index contributed by atoms with van der Waals surface area (Å²) in [6.07, 6.45) is 4.93. The second kappa shape index (κ2) is 4.77. The zero-order valence-electron chi connectivity index (χ0n) is 7.75. The van der Waals surface area contributed by atoms with Gasteiger partial charge in [0.15, 0.2) is 0 Å². The van der Waals surface area contributed by atoms with Gasteiger partial charge in [-0.15, -0.1) is 0 Å². The zero-order chi connectivity index (χ0) is 8.97. The maximum Gasteiger partial charge on any atom is 0.0902 e. The summed E-state index contributed by atoms with van der Waals surface area (Å²) >= 11 is 5.02. The summed E-state index contributed by atoms with van der Waals surface area (Å²) in [4.78, 5) is 3.11. The molecular weight excluding hydrogens is 168 g/mol. The van der Waals surface area contributed by atoms with Crippen molar-refractivity contribution >= 4 is 17.2 Å². The number of nitrogens with zero attached hydrogens (tertiary/aromatic N) is 1. The van der Waals surface area contributed by atoms with Crippen molar-refractivity contribution in [2.45, 2.75) is 38.6 Å². The minimum absolute atomic E-state index is 0.395. The van der Waals surface area contributed by atoms with E-state index in [1.54, 1.807) is 0 Å². The number of hydrogen-bond donors (Lipinski definition) is 1. The quantitative estimate of drug-likeness (QED) is 0.675. The molecule has 2 nitrogen and oxygen atoms in total. The van der Waals surface area contributed by atoms with Crippen molar-refractivity contribution in [1.29, 1.82) is 0 Å². The second-order valence-corrected chi connectivity index (χ2v) is 3.92. The molecule has 1 unspecified atom stereocenters. The molecule has 70 valence electrons.